The van der Waals surface area contributed by atoms with Crippen LogP contribution in [-0.4, -0.2) is 43.9 Å². The van der Waals surface area contributed by atoms with Crippen molar-refractivity contribution in [2.45, 2.75) is 59.0 Å². The zero-order chi connectivity index (χ0) is 19.4. The number of guanidine groups is 1. The Bertz CT molecular complexity index is 521. The summed E-state index contributed by atoms with van der Waals surface area (Å²) < 4.78 is 5.34. The number of ether oxygens (including phenoxy) is 1. The summed E-state index contributed by atoms with van der Waals surface area (Å²) in [6.07, 6.45) is 1.46. The lowest BCUT2D eigenvalue weighted by Crippen LogP contribution is -2.38. The van der Waals surface area contributed by atoms with E-state index in [2.05, 4.69) is 48.5 Å². The van der Waals surface area contributed by atoms with E-state index >= 15 is 0 Å². The molecule has 0 saturated carbocycles. The third-order valence-corrected chi connectivity index (χ3v) is 4.14. The minimum Gasteiger partial charge on any atom is -0.386 e. The Morgan fingerprint density at radius 3 is 2.38 bits per heavy atom. The van der Waals surface area contributed by atoms with Gasteiger partial charge in [0.25, 0.3) is 0 Å². The Morgan fingerprint density at radius 1 is 1.12 bits per heavy atom. The summed E-state index contributed by atoms with van der Waals surface area (Å²) >= 11 is 0. The quantitative estimate of drug-likeness (QED) is 0.339. The summed E-state index contributed by atoms with van der Waals surface area (Å²) in [7, 11) is 0. The molecule has 26 heavy (non-hydrogen) atoms. The van der Waals surface area contributed by atoms with Gasteiger partial charge in [-0.15, -0.1) is 0 Å². The molecule has 3 N–H and O–H groups in total. The number of nitrogens with one attached hydrogen (secondary N) is 2. The summed E-state index contributed by atoms with van der Waals surface area (Å²) in [6, 6.07) is 8.16. The predicted octanol–water partition coefficient (Wildman–Crippen LogP) is 3.39. The van der Waals surface area contributed by atoms with Crippen molar-refractivity contribution in [3.8, 4) is 0 Å². The molecule has 148 valence electrons. The number of unbranched alkanes of at least 4 members (excludes halogenated alkanes) is 1. The number of rotatable bonds is 10. The van der Waals surface area contributed by atoms with E-state index in [0.29, 0.717) is 6.54 Å². The highest BCUT2D eigenvalue weighted by Gasteiger charge is 2.14. The number of hydrogen-bond donors (Lipinski definition) is 3. The van der Waals surface area contributed by atoms with Crippen molar-refractivity contribution < 1.29 is 9.84 Å². The Morgan fingerprint density at radius 2 is 1.81 bits per heavy atom. The SMILES string of the molecule is CCNC(=NCC(O)c1ccc(C(C)(C)C)cc1)NCCCCOCC. The van der Waals surface area contributed by atoms with E-state index in [0.717, 1.165) is 50.7 Å². The molecular weight excluding hydrogens is 326 g/mol. The molecule has 5 nitrogen and oxygen atoms in total. The maximum absolute atomic E-state index is 10.4. The van der Waals surface area contributed by atoms with E-state index in [1.54, 1.807) is 0 Å². The van der Waals surface area contributed by atoms with Crippen LogP contribution < -0.4 is 10.6 Å². The molecular formula is C21H37N3O2. The molecule has 0 aliphatic carbocycles. The van der Waals surface area contributed by atoms with Gasteiger partial charge >= 0.3 is 0 Å². The predicted molar refractivity (Wildman–Crippen MR) is 110 cm³/mol. The molecule has 1 rings (SSSR count). The maximum atomic E-state index is 10.4. The van der Waals surface area contributed by atoms with Crippen LogP contribution in [0.3, 0.4) is 0 Å². The molecule has 1 aromatic rings. The van der Waals surface area contributed by atoms with Gasteiger partial charge in [-0.3, -0.25) is 4.99 Å². The van der Waals surface area contributed by atoms with Gasteiger partial charge in [0.2, 0.25) is 0 Å². The second-order valence-electron chi connectivity index (χ2n) is 7.44. The number of benzene rings is 1. The second-order valence-corrected chi connectivity index (χ2v) is 7.44. The van der Waals surface area contributed by atoms with Crippen LogP contribution in [0.25, 0.3) is 0 Å². The van der Waals surface area contributed by atoms with Crippen molar-refractivity contribution in [2.24, 2.45) is 4.99 Å². The van der Waals surface area contributed by atoms with Crippen LogP contribution in [0, 0.1) is 0 Å². The Balaban J connectivity index is 2.51. The fraction of sp³-hybridized carbons (Fsp3) is 0.667. The summed E-state index contributed by atoms with van der Waals surface area (Å²) in [6.45, 7) is 14.1. The summed E-state index contributed by atoms with van der Waals surface area (Å²) in [5, 5.41) is 16.9. The molecule has 0 saturated heterocycles. The molecule has 1 atom stereocenters. The zero-order valence-corrected chi connectivity index (χ0v) is 17.1. The smallest absolute Gasteiger partial charge is 0.191 e. The summed E-state index contributed by atoms with van der Waals surface area (Å²) in [4.78, 5) is 4.51. The molecule has 0 aromatic heterocycles. The third kappa shape index (κ3) is 8.68. The van der Waals surface area contributed by atoms with E-state index < -0.39 is 6.10 Å². The van der Waals surface area contributed by atoms with Gasteiger partial charge < -0.3 is 20.5 Å². The van der Waals surface area contributed by atoms with Crippen LogP contribution in [0.2, 0.25) is 0 Å². The molecule has 1 aromatic carbocycles. The third-order valence-electron chi connectivity index (χ3n) is 4.14. The standard InChI is InChI=1S/C21H37N3O2/c1-6-22-20(23-14-8-9-15-26-7-2)24-16-19(25)17-10-12-18(13-11-17)21(3,4)5/h10-13,19,25H,6-9,14-16H2,1-5H3,(H2,22,23,24). The molecule has 1 unspecified atom stereocenters. The van der Waals surface area contributed by atoms with Gasteiger partial charge in [-0.2, -0.15) is 0 Å². The molecule has 0 heterocycles. The normalized spacial score (nSPS) is 13.5. The lowest BCUT2D eigenvalue weighted by atomic mass is 9.86. The van der Waals surface area contributed by atoms with Crippen molar-refractivity contribution in [1.82, 2.24) is 10.6 Å². The van der Waals surface area contributed by atoms with Crippen LogP contribution in [-0.2, 0) is 10.2 Å². The first-order chi connectivity index (χ1) is 12.4. The van der Waals surface area contributed by atoms with Crippen LogP contribution in [0.15, 0.2) is 29.3 Å². The van der Waals surface area contributed by atoms with Gasteiger partial charge in [0.1, 0.15) is 0 Å². The lowest BCUT2D eigenvalue weighted by Gasteiger charge is -2.20. The van der Waals surface area contributed by atoms with Crippen molar-refractivity contribution in [3.05, 3.63) is 35.4 Å². The first kappa shape index (κ1) is 22.5. The van der Waals surface area contributed by atoms with E-state index in [9.17, 15) is 5.11 Å². The number of aliphatic hydroxyl groups excluding tert-OH is 1. The highest BCUT2D eigenvalue weighted by atomic mass is 16.5. The van der Waals surface area contributed by atoms with Crippen LogP contribution in [0.4, 0.5) is 0 Å². The minimum absolute atomic E-state index is 0.117. The number of aliphatic hydroxyl groups is 1. The largest absolute Gasteiger partial charge is 0.386 e. The van der Waals surface area contributed by atoms with E-state index in [1.807, 2.05) is 26.0 Å². The Labute approximate surface area is 159 Å². The van der Waals surface area contributed by atoms with Crippen LogP contribution >= 0.6 is 0 Å². The van der Waals surface area contributed by atoms with Gasteiger partial charge in [-0.1, -0.05) is 45.0 Å². The van der Waals surface area contributed by atoms with Gasteiger partial charge in [0.15, 0.2) is 5.96 Å². The zero-order valence-electron chi connectivity index (χ0n) is 17.1. The van der Waals surface area contributed by atoms with Gasteiger partial charge in [0, 0.05) is 26.3 Å². The molecule has 0 radical (unpaired) electrons. The topological polar surface area (TPSA) is 65.9 Å². The Kier molecular flexibility index (Phi) is 10.3. The molecule has 0 aliphatic rings. The second kappa shape index (κ2) is 11.9. The average Bonchev–Trinajstić information content (AvgIpc) is 2.61. The maximum Gasteiger partial charge on any atom is 0.191 e. The molecule has 0 bridgehead atoms. The first-order valence-electron chi connectivity index (χ1n) is 9.76. The number of hydrogen-bond acceptors (Lipinski definition) is 3. The molecule has 0 aliphatic heterocycles. The van der Waals surface area contributed by atoms with Crippen molar-refractivity contribution in [1.29, 1.82) is 0 Å². The summed E-state index contributed by atoms with van der Waals surface area (Å²) in [5.74, 6) is 0.745. The van der Waals surface area contributed by atoms with Crippen molar-refractivity contribution >= 4 is 5.96 Å². The highest BCUT2D eigenvalue weighted by molar-refractivity contribution is 5.79. The van der Waals surface area contributed by atoms with Gasteiger partial charge in [-0.25, -0.2) is 0 Å². The number of nitrogens with zero attached hydrogens (tertiary/aromatic N) is 1. The van der Waals surface area contributed by atoms with E-state index in [4.69, 9.17) is 4.74 Å². The van der Waals surface area contributed by atoms with E-state index in [1.165, 1.54) is 5.56 Å². The van der Waals surface area contributed by atoms with E-state index in [-0.39, 0.29) is 5.41 Å². The minimum atomic E-state index is -0.600. The molecule has 0 spiro atoms. The van der Waals surface area contributed by atoms with Crippen LogP contribution in [0.5, 0.6) is 0 Å². The fourth-order valence-electron chi connectivity index (χ4n) is 2.51. The monoisotopic (exact) mass is 363 g/mol. The van der Waals surface area contributed by atoms with Gasteiger partial charge in [-0.05, 0) is 43.2 Å². The molecule has 5 heteroatoms. The summed E-state index contributed by atoms with van der Waals surface area (Å²) in [5.41, 5.74) is 2.28. The average molecular weight is 364 g/mol. The Hall–Kier alpha value is -1.59. The van der Waals surface area contributed by atoms with Crippen molar-refractivity contribution in [3.63, 3.8) is 0 Å². The first-order valence-corrected chi connectivity index (χ1v) is 9.76. The lowest BCUT2D eigenvalue weighted by molar-refractivity contribution is 0.143. The molecule has 0 amide bonds. The number of aliphatic imine (C=N–C) groups is 1. The van der Waals surface area contributed by atoms with Crippen LogP contribution in [0.1, 0.15) is 64.7 Å². The van der Waals surface area contributed by atoms with Gasteiger partial charge in [0.05, 0.1) is 12.6 Å². The fourth-order valence-corrected chi connectivity index (χ4v) is 2.51. The van der Waals surface area contributed by atoms with Crippen molar-refractivity contribution in [2.75, 3.05) is 32.8 Å². The molecule has 0 fully saturated rings. The highest BCUT2D eigenvalue weighted by Crippen LogP contribution is 2.24.